The first kappa shape index (κ1) is 13.9. The predicted molar refractivity (Wildman–Crippen MR) is 68.4 cm³/mol. The zero-order chi connectivity index (χ0) is 13.1. The summed E-state index contributed by atoms with van der Waals surface area (Å²) in [6.07, 6.45) is 0.869. The van der Waals surface area contributed by atoms with Gasteiger partial charge in [-0.05, 0) is 18.8 Å². The van der Waals surface area contributed by atoms with Gasteiger partial charge in [-0.2, -0.15) is 0 Å². The molecule has 0 fully saturated rings. The molecule has 0 aliphatic heterocycles. The summed E-state index contributed by atoms with van der Waals surface area (Å²) in [6, 6.07) is -0.111. The van der Waals surface area contributed by atoms with Gasteiger partial charge in [0.05, 0.1) is 6.42 Å². The number of nitrogens with one attached hydrogen (secondary N) is 1. The van der Waals surface area contributed by atoms with E-state index in [0.29, 0.717) is 5.13 Å². The van der Waals surface area contributed by atoms with Crippen LogP contribution in [0.3, 0.4) is 0 Å². The molecule has 0 bridgehead atoms. The van der Waals surface area contributed by atoms with Crippen LogP contribution in [0.5, 0.6) is 0 Å². The number of carboxylic acid groups (broad SMARTS) is 1. The molecule has 1 rings (SSSR count). The van der Waals surface area contributed by atoms with Crippen LogP contribution in [0.4, 0.5) is 5.13 Å². The molecule has 0 aromatic carbocycles. The van der Waals surface area contributed by atoms with Crippen molar-refractivity contribution in [1.29, 1.82) is 0 Å². The maximum atomic E-state index is 10.8. The van der Waals surface area contributed by atoms with Gasteiger partial charge >= 0.3 is 5.97 Å². The Morgan fingerprint density at radius 1 is 1.47 bits per heavy atom. The molecule has 1 aromatic rings. The van der Waals surface area contributed by atoms with Crippen molar-refractivity contribution < 1.29 is 9.90 Å². The second-order valence-electron chi connectivity index (χ2n) is 5.33. The fourth-order valence-electron chi connectivity index (χ4n) is 1.65. The zero-order valence-corrected chi connectivity index (χ0v) is 11.5. The predicted octanol–water partition coefficient (Wildman–Crippen LogP) is 2.54. The van der Waals surface area contributed by atoms with Crippen LogP contribution in [0.25, 0.3) is 0 Å². The van der Waals surface area contributed by atoms with Crippen molar-refractivity contribution in [3.63, 3.8) is 0 Å². The Morgan fingerprint density at radius 3 is 2.53 bits per heavy atom. The van der Waals surface area contributed by atoms with Gasteiger partial charge in [-0.1, -0.05) is 32.1 Å². The molecule has 0 amide bonds. The smallest absolute Gasteiger partial charge is 0.305 e. The van der Waals surface area contributed by atoms with Crippen LogP contribution in [-0.2, 0) is 4.79 Å². The third-order valence-electron chi connectivity index (χ3n) is 2.13. The molecule has 1 aromatic heterocycles. The van der Waals surface area contributed by atoms with E-state index in [1.807, 2.05) is 6.92 Å². The summed E-state index contributed by atoms with van der Waals surface area (Å²) in [5.41, 5.74) is 0.0762. The van der Waals surface area contributed by atoms with E-state index >= 15 is 0 Å². The second kappa shape index (κ2) is 5.44. The molecule has 0 aliphatic carbocycles. The third kappa shape index (κ3) is 5.63. The molecule has 1 atom stereocenters. The topological polar surface area (TPSA) is 75.1 Å². The molecule has 0 saturated heterocycles. The van der Waals surface area contributed by atoms with Crippen molar-refractivity contribution in [1.82, 2.24) is 10.2 Å². The van der Waals surface area contributed by atoms with Gasteiger partial charge in [0.25, 0.3) is 0 Å². The number of rotatable bonds is 5. The molecular formula is C11H19N3O2S. The second-order valence-corrected chi connectivity index (χ2v) is 6.51. The van der Waals surface area contributed by atoms with Crippen LogP contribution in [0.15, 0.2) is 0 Å². The van der Waals surface area contributed by atoms with Crippen LogP contribution in [0.1, 0.15) is 38.6 Å². The summed E-state index contributed by atoms with van der Waals surface area (Å²) >= 11 is 1.44. The average molecular weight is 257 g/mol. The Morgan fingerprint density at radius 2 is 2.12 bits per heavy atom. The number of aromatic nitrogens is 2. The first-order valence-corrected chi connectivity index (χ1v) is 6.36. The minimum atomic E-state index is -0.798. The summed E-state index contributed by atoms with van der Waals surface area (Å²) in [7, 11) is 0. The number of aryl methyl sites for hydroxylation is 1. The Labute approximate surface area is 105 Å². The lowest BCUT2D eigenvalue weighted by molar-refractivity contribution is -0.137. The van der Waals surface area contributed by atoms with Crippen LogP contribution in [0.2, 0.25) is 0 Å². The number of nitrogens with zero attached hydrogens (tertiary/aromatic N) is 2. The van der Waals surface area contributed by atoms with Crippen molar-refractivity contribution in [2.24, 2.45) is 5.41 Å². The van der Waals surface area contributed by atoms with E-state index in [1.165, 1.54) is 11.3 Å². The van der Waals surface area contributed by atoms with Gasteiger partial charge in [0, 0.05) is 6.04 Å². The molecular weight excluding hydrogens is 238 g/mol. The van der Waals surface area contributed by atoms with Crippen molar-refractivity contribution >= 4 is 22.4 Å². The number of hydrogen-bond acceptors (Lipinski definition) is 5. The van der Waals surface area contributed by atoms with Gasteiger partial charge < -0.3 is 10.4 Å². The van der Waals surface area contributed by atoms with Crippen molar-refractivity contribution in [2.75, 3.05) is 5.32 Å². The van der Waals surface area contributed by atoms with E-state index in [0.717, 1.165) is 11.4 Å². The van der Waals surface area contributed by atoms with E-state index in [4.69, 9.17) is 5.11 Å². The number of anilines is 1. The lowest BCUT2D eigenvalue weighted by Gasteiger charge is -2.25. The van der Waals surface area contributed by atoms with Crippen LogP contribution in [0, 0.1) is 12.3 Å². The van der Waals surface area contributed by atoms with E-state index in [2.05, 4.69) is 36.3 Å². The van der Waals surface area contributed by atoms with E-state index in [-0.39, 0.29) is 17.9 Å². The molecule has 2 N–H and O–H groups in total. The Balaban J connectivity index is 2.66. The first-order valence-electron chi connectivity index (χ1n) is 5.55. The van der Waals surface area contributed by atoms with Gasteiger partial charge in [-0.3, -0.25) is 4.79 Å². The molecule has 1 unspecified atom stereocenters. The van der Waals surface area contributed by atoms with Crippen LogP contribution >= 0.6 is 11.3 Å². The molecule has 96 valence electrons. The standard InChI is InChI=1S/C11H19N3O2S/c1-7-13-14-10(17-7)12-8(5-9(15)16)6-11(2,3)4/h8H,5-6H2,1-4H3,(H,12,14)(H,15,16). The van der Waals surface area contributed by atoms with Gasteiger partial charge in [0.2, 0.25) is 5.13 Å². The highest BCUT2D eigenvalue weighted by atomic mass is 32.1. The zero-order valence-electron chi connectivity index (χ0n) is 10.6. The summed E-state index contributed by atoms with van der Waals surface area (Å²) in [5.74, 6) is -0.798. The van der Waals surface area contributed by atoms with E-state index in [9.17, 15) is 4.79 Å². The summed E-state index contributed by atoms with van der Waals surface area (Å²) in [4.78, 5) is 10.8. The Hall–Kier alpha value is -1.17. The fraction of sp³-hybridized carbons (Fsp3) is 0.727. The van der Waals surface area contributed by atoms with Crippen molar-refractivity contribution in [3.05, 3.63) is 5.01 Å². The van der Waals surface area contributed by atoms with Gasteiger partial charge in [0.15, 0.2) is 0 Å². The molecule has 17 heavy (non-hydrogen) atoms. The number of carboxylic acids is 1. The summed E-state index contributed by atoms with van der Waals surface area (Å²) < 4.78 is 0. The Bertz CT molecular complexity index is 384. The van der Waals surface area contributed by atoms with Crippen LogP contribution in [-0.4, -0.2) is 27.3 Å². The van der Waals surface area contributed by atoms with Gasteiger partial charge in [-0.25, -0.2) is 0 Å². The fourth-order valence-corrected chi connectivity index (χ4v) is 2.32. The largest absolute Gasteiger partial charge is 0.481 e. The van der Waals surface area contributed by atoms with Gasteiger partial charge in [-0.15, -0.1) is 10.2 Å². The highest BCUT2D eigenvalue weighted by Crippen LogP contribution is 2.25. The van der Waals surface area contributed by atoms with Gasteiger partial charge in [0.1, 0.15) is 5.01 Å². The lowest BCUT2D eigenvalue weighted by atomic mass is 9.87. The normalized spacial score (nSPS) is 13.4. The average Bonchev–Trinajstić information content (AvgIpc) is 2.46. The SMILES string of the molecule is Cc1nnc(NC(CC(=O)O)CC(C)(C)C)s1. The van der Waals surface area contributed by atoms with E-state index in [1.54, 1.807) is 0 Å². The molecule has 0 aliphatic rings. The number of carbonyl (C=O) groups is 1. The maximum Gasteiger partial charge on any atom is 0.305 e. The summed E-state index contributed by atoms with van der Waals surface area (Å²) in [5, 5.41) is 21.5. The molecule has 0 saturated carbocycles. The van der Waals surface area contributed by atoms with Crippen LogP contribution < -0.4 is 5.32 Å². The van der Waals surface area contributed by atoms with E-state index < -0.39 is 5.97 Å². The maximum absolute atomic E-state index is 10.8. The molecule has 6 heteroatoms. The number of aliphatic carboxylic acids is 1. The minimum absolute atomic E-state index is 0.0762. The quantitative estimate of drug-likeness (QED) is 0.847. The lowest BCUT2D eigenvalue weighted by Crippen LogP contribution is -2.28. The van der Waals surface area contributed by atoms with Crippen molar-refractivity contribution in [3.8, 4) is 0 Å². The highest BCUT2D eigenvalue weighted by Gasteiger charge is 2.22. The molecule has 0 radical (unpaired) electrons. The molecule has 0 spiro atoms. The minimum Gasteiger partial charge on any atom is -0.481 e. The first-order chi connectivity index (χ1) is 7.76. The number of hydrogen-bond donors (Lipinski definition) is 2. The van der Waals surface area contributed by atoms with Crippen molar-refractivity contribution in [2.45, 2.75) is 46.6 Å². The summed E-state index contributed by atoms with van der Waals surface area (Å²) in [6.45, 7) is 8.15. The molecule has 1 heterocycles. The monoisotopic (exact) mass is 257 g/mol. The third-order valence-corrected chi connectivity index (χ3v) is 2.90. The Kier molecular flexibility index (Phi) is 4.45. The highest BCUT2D eigenvalue weighted by molar-refractivity contribution is 7.15. The molecule has 5 nitrogen and oxygen atoms in total.